The van der Waals surface area contributed by atoms with Gasteiger partial charge in [-0.25, -0.2) is 4.79 Å². The van der Waals surface area contributed by atoms with E-state index in [1.54, 1.807) is 25.1 Å². The van der Waals surface area contributed by atoms with Crippen LogP contribution in [0.4, 0.5) is 5.69 Å². The van der Waals surface area contributed by atoms with Crippen LogP contribution in [0.1, 0.15) is 26.4 Å². The van der Waals surface area contributed by atoms with Crippen LogP contribution < -0.4 is 10.5 Å². The lowest BCUT2D eigenvalue weighted by Gasteiger charge is -2.19. The molecule has 1 amide bonds. The Morgan fingerprint density at radius 1 is 1.10 bits per heavy atom. The van der Waals surface area contributed by atoms with Crippen LogP contribution in [0.5, 0.6) is 0 Å². The van der Waals surface area contributed by atoms with Crippen molar-refractivity contribution in [2.75, 3.05) is 11.9 Å². The highest BCUT2D eigenvalue weighted by atomic mass is 16.4. The number of aromatic nitrogens is 1. The number of carbonyl (C=O) groups excluding carboxylic acids is 1. The average Bonchev–Trinajstić information content (AvgIpc) is 2.45. The van der Waals surface area contributed by atoms with Crippen molar-refractivity contribution < 1.29 is 14.7 Å². The molecule has 1 aromatic carbocycles. The van der Waals surface area contributed by atoms with E-state index in [0.717, 1.165) is 4.90 Å². The number of benzene rings is 1. The molecule has 0 saturated heterocycles. The van der Waals surface area contributed by atoms with Gasteiger partial charge in [-0.1, -0.05) is 12.1 Å². The van der Waals surface area contributed by atoms with Crippen LogP contribution in [-0.2, 0) is 0 Å². The zero-order valence-corrected chi connectivity index (χ0v) is 11.6. The van der Waals surface area contributed by atoms with Gasteiger partial charge in [0.1, 0.15) is 5.56 Å². The lowest BCUT2D eigenvalue weighted by molar-refractivity contribution is 0.0697. The number of nitrogens with one attached hydrogen (secondary N) is 1. The highest BCUT2D eigenvalue weighted by Crippen LogP contribution is 2.20. The van der Waals surface area contributed by atoms with Gasteiger partial charge in [0.15, 0.2) is 0 Å². The number of carboxylic acids is 1. The molecular formula is C15H14N2O4. The van der Waals surface area contributed by atoms with E-state index >= 15 is 0 Å². The van der Waals surface area contributed by atoms with Crippen molar-refractivity contribution in [1.82, 2.24) is 4.98 Å². The number of hydrogen-bond donors (Lipinski definition) is 2. The molecule has 0 saturated carbocycles. The number of carbonyl (C=O) groups is 2. The van der Waals surface area contributed by atoms with Crippen molar-refractivity contribution in [1.29, 1.82) is 0 Å². The molecule has 2 N–H and O–H groups in total. The summed E-state index contributed by atoms with van der Waals surface area (Å²) >= 11 is 0. The lowest BCUT2D eigenvalue weighted by Crippen LogP contribution is -2.32. The first-order valence-corrected chi connectivity index (χ1v) is 6.22. The van der Waals surface area contributed by atoms with Gasteiger partial charge in [-0.15, -0.1) is 0 Å². The SMILES string of the molecule is Cc1ccc(C(=O)N(C)c2ccccc2C(=O)O)c(=O)[nH]1. The second-order valence-corrected chi connectivity index (χ2v) is 4.57. The summed E-state index contributed by atoms with van der Waals surface area (Å²) in [4.78, 5) is 39.1. The van der Waals surface area contributed by atoms with E-state index in [1.165, 1.54) is 25.2 Å². The van der Waals surface area contributed by atoms with Crippen molar-refractivity contribution in [2.45, 2.75) is 6.92 Å². The van der Waals surface area contributed by atoms with Gasteiger partial charge in [-0.2, -0.15) is 0 Å². The molecule has 1 heterocycles. The number of anilines is 1. The van der Waals surface area contributed by atoms with E-state index < -0.39 is 17.4 Å². The molecule has 1 aromatic heterocycles. The maximum Gasteiger partial charge on any atom is 0.337 e. The molecule has 0 aliphatic carbocycles. The topological polar surface area (TPSA) is 90.5 Å². The number of amides is 1. The summed E-state index contributed by atoms with van der Waals surface area (Å²) in [5.74, 6) is -1.70. The number of pyridine rings is 1. The Hall–Kier alpha value is -2.89. The minimum absolute atomic E-state index is 0.00288. The molecule has 0 atom stereocenters. The molecule has 0 radical (unpaired) electrons. The van der Waals surface area contributed by atoms with Crippen LogP contribution in [0.25, 0.3) is 0 Å². The second-order valence-electron chi connectivity index (χ2n) is 4.57. The van der Waals surface area contributed by atoms with Gasteiger partial charge in [0.05, 0.1) is 11.3 Å². The normalized spacial score (nSPS) is 10.2. The fourth-order valence-electron chi connectivity index (χ4n) is 1.98. The van der Waals surface area contributed by atoms with E-state index in [-0.39, 0.29) is 16.8 Å². The largest absolute Gasteiger partial charge is 0.478 e. The zero-order valence-electron chi connectivity index (χ0n) is 11.6. The smallest absolute Gasteiger partial charge is 0.337 e. The lowest BCUT2D eigenvalue weighted by atomic mass is 10.1. The number of aromatic amines is 1. The Bertz CT molecular complexity index is 764. The first-order chi connectivity index (χ1) is 9.91. The maximum absolute atomic E-state index is 12.4. The first-order valence-electron chi connectivity index (χ1n) is 6.22. The molecule has 0 unspecified atom stereocenters. The number of aryl methyl sites for hydroxylation is 1. The molecule has 0 fully saturated rings. The predicted octanol–water partition coefficient (Wildman–Crippen LogP) is 1.66. The van der Waals surface area contributed by atoms with Crippen molar-refractivity contribution in [3.63, 3.8) is 0 Å². The molecule has 21 heavy (non-hydrogen) atoms. The summed E-state index contributed by atoms with van der Waals surface area (Å²) in [6.45, 7) is 1.71. The molecule has 0 bridgehead atoms. The highest BCUT2D eigenvalue weighted by Gasteiger charge is 2.21. The van der Waals surface area contributed by atoms with Gasteiger partial charge in [0, 0.05) is 12.7 Å². The Morgan fingerprint density at radius 2 is 1.76 bits per heavy atom. The Kier molecular flexibility index (Phi) is 3.89. The van der Waals surface area contributed by atoms with Gasteiger partial charge in [-0.3, -0.25) is 9.59 Å². The van der Waals surface area contributed by atoms with Crippen LogP contribution in [0, 0.1) is 6.92 Å². The first kappa shape index (κ1) is 14.5. The number of nitrogens with zero attached hydrogens (tertiary/aromatic N) is 1. The number of H-pyrrole nitrogens is 1. The minimum atomic E-state index is -1.14. The molecule has 0 aliphatic rings. The van der Waals surface area contributed by atoms with E-state index in [0.29, 0.717) is 5.69 Å². The molecule has 108 valence electrons. The van der Waals surface area contributed by atoms with Gasteiger partial charge in [0.25, 0.3) is 11.5 Å². The van der Waals surface area contributed by atoms with Crippen LogP contribution in [0.3, 0.4) is 0 Å². The monoisotopic (exact) mass is 286 g/mol. The Balaban J connectivity index is 2.45. The fraction of sp³-hybridized carbons (Fsp3) is 0.133. The standard InChI is InChI=1S/C15H14N2O4/c1-9-7-8-11(13(18)16-9)14(19)17(2)12-6-4-3-5-10(12)15(20)21/h3-8H,1-2H3,(H,16,18)(H,20,21). The van der Waals surface area contributed by atoms with E-state index in [9.17, 15) is 14.4 Å². The number of aromatic carboxylic acids is 1. The summed E-state index contributed by atoms with van der Waals surface area (Å²) in [6, 6.07) is 9.17. The van der Waals surface area contributed by atoms with Crippen molar-refractivity contribution >= 4 is 17.6 Å². The summed E-state index contributed by atoms with van der Waals surface area (Å²) in [5, 5.41) is 9.15. The van der Waals surface area contributed by atoms with Crippen LogP contribution in [-0.4, -0.2) is 29.0 Å². The van der Waals surface area contributed by atoms with Gasteiger partial charge in [-0.05, 0) is 31.2 Å². The third-order valence-corrected chi connectivity index (χ3v) is 3.09. The maximum atomic E-state index is 12.4. The van der Waals surface area contributed by atoms with Crippen molar-refractivity contribution in [3.05, 3.63) is 63.6 Å². The van der Waals surface area contributed by atoms with Gasteiger partial charge < -0.3 is 15.0 Å². The average molecular weight is 286 g/mol. The number of para-hydroxylation sites is 1. The summed E-state index contributed by atoms with van der Waals surface area (Å²) in [5.41, 5.74) is 0.333. The summed E-state index contributed by atoms with van der Waals surface area (Å²) < 4.78 is 0. The molecule has 6 heteroatoms. The minimum Gasteiger partial charge on any atom is -0.478 e. The van der Waals surface area contributed by atoms with Gasteiger partial charge >= 0.3 is 5.97 Å². The molecule has 0 spiro atoms. The third-order valence-electron chi connectivity index (χ3n) is 3.09. The molecule has 0 aliphatic heterocycles. The van der Waals surface area contributed by atoms with E-state index in [2.05, 4.69) is 4.98 Å². The van der Waals surface area contributed by atoms with Crippen molar-refractivity contribution in [3.8, 4) is 0 Å². The Labute approximate surface area is 120 Å². The van der Waals surface area contributed by atoms with Crippen LogP contribution in [0.2, 0.25) is 0 Å². The van der Waals surface area contributed by atoms with Crippen LogP contribution >= 0.6 is 0 Å². The second kappa shape index (κ2) is 5.62. The highest BCUT2D eigenvalue weighted by molar-refractivity contribution is 6.08. The quantitative estimate of drug-likeness (QED) is 0.897. The zero-order chi connectivity index (χ0) is 15.6. The van der Waals surface area contributed by atoms with Crippen molar-refractivity contribution in [2.24, 2.45) is 0 Å². The fourth-order valence-corrected chi connectivity index (χ4v) is 1.98. The number of carboxylic acid groups (broad SMARTS) is 1. The number of hydrogen-bond acceptors (Lipinski definition) is 3. The summed E-state index contributed by atoms with van der Waals surface area (Å²) in [6.07, 6.45) is 0. The number of rotatable bonds is 3. The van der Waals surface area contributed by atoms with Gasteiger partial charge in [0.2, 0.25) is 0 Å². The van der Waals surface area contributed by atoms with Crippen LogP contribution in [0.15, 0.2) is 41.2 Å². The third kappa shape index (κ3) is 2.84. The molecular weight excluding hydrogens is 272 g/mol. The Morgan fingerprint density at radius 3 is 2.38 bits per heavy atom. The predicted molar refractivity (Wildman–Crippen MR) is 77.9 cm³/mol. The molecule has 6 nitrogen and oxygen atoms in total. The van der Waals surface area contributed by atoms with E-state index in [4.69, 9.17) is 5.11 Å². The summed E-state index contributed by atoms with van der Waals surface area (Å²) in [7, 11) is 1.43. The molecule has 2 rings (SSSR count). The van der Waals surface area contributed by atoms with E-state index in [1.807, 2.05) is 0 Å². The molecule has 2 aromatic rings.